The highest BCUT2D eigenvalue weighted by molar-refractivity contribution is 7.90. The van der Waals surface area contributed by atoms with Crippen molar-refractivity contribution in [1.82, 2.24) is 34.6 Å². The van der Waals surface area contributed by atoms with E-state index in [1.165, 1.54) is 18.6 Å². The van der Waals surface area contributed by atoms with Crippen molar-refractivity contribution in [1.29, 1.82) is 0 Å². The van der Waals surface area contributed by atoms with E-state index in [1.54, 1.807) is 12.1 Å². The van der Waals surface area contributed by atoms with Crippen LogP contribution in [0.25, 0.3) is 33.3 Å². The van der Waals surface area contributed by atoms with Gasteiger partial charge in [-0.25, -0.2) is 32.4 Å². The molecule has 12 heteroatoms. The van der Waals surface area contributed by atoms with Crippen LogP contribution >= 0.6 is 0 Å². The number of aromatic amines is 1. The fourth-order valence-corrected chi connectivity index (χ4v) is 5.66. The lowest BCUT2D eigenvalue weighted by atomic mass is 10.1. The summed E-state index contributed by atoms with van der Waals surface area (Å²) in [5.41, 5.74) is 10.6. The van der Waals surface area contributed by atoms with Gasteiger partial charge in [-0.15, -0.1) is 0 Å². The van der Waals surface area contributed by atoms with E-state index in [9.17, 15) is 12.8 Å². The molecule has 5 aromatic rings. The largest absolute Gasteiger partial charge is 0.383 e. The van der Waals surface area contributed by atoms with Gasteiger partial charge in [0.05, 0.1) is 28.2 Å². The van der Waals surface area contributed by atoms with Crippen molar-refractivity contribution < 1.29 is 12.8 Å². The van der Waals surface area contributed by atoms with Crippen LogP contribution in [-0.2, 0) is 16.3 Å². The molecule has 0 radical (unpaired) electrons. The Kier molecular flexibility index (Phi) is 6.07. The standard InChI is InChI=1S/C26H27FN8O2S/c1-38(36,37)11-10-34-9-8-18(14-34)35-26-23(25(28)29-15-30-26)24(33-35)17-6-7-20-21(12-17)32-22(31-20)13-16-4-2-3-5-19(16)27/h2-7,12,15,18H,8-11,13-14H2,1H3,(H,31,32)(H2,28,29,30). The number of fused-ring (bicyclic) bond motifs is 2. The van der Waals surface area contributed by atoms with Gasteiger partial charge in [0.2, 0.25) is 0 Å². The van der Waals surface area contributed by atoms with Crippen LogP contribution in [0.4, 0.5) is 10.2 Å². The molecule has 196 valence electrons. The molecule has 1 atom stereocenters. The van der Waals surface area contributed by atoms with Crippen LogP contribution in [0, 0.1) is 5.82 Å². The van der Waals surface area contributed by atoms with E-state index in [2.05, 4.69) is 19.9 Å². The van der Waals surface area contributed by atoms with Gasteiger partial charge in [0, 0.05) is 37.9 Å². The topological polar surface area (TPSA) is 136 Å². The molecule has 10 nitrogen and oxygen atoms in total. The van der Waals surface area contributed by atoms with Crippen molar-refractivity contribution in [2.75, 3.05) is 37.4 Å². The number of anilines is 1. The Bertz CT molecular complexity index is 1760. The molecule has 1 aliphatic heterocycles. The third kappa shape index (κ3) is 4.72. The van der Waals surface area contributed by atoms with Crippen molar-refractivity contribution in [3.8, 4) is 11.3 Å². The summed E-state index contributed by atoms with van der Waals surface area (Å²) in [4.78, 5) is 18.8. The number of halogens is 1. The fraction of sp³-hybridized carbons (Fsp3) is 0.308. The molecule has 6 rings (SSSR count). The zero-order valence-corrected chi connectivity index (χ0v) is 21.6. The molecule has 3 aromatic heterocycles. The Morgan fingerprint density at radius 1 is 1.18 bits per heavy atom. The average molecular weight is 535 g/mol. The van der Waals surface area contributed by atoms with Gasteiger partial charge in [0.1, 0.15) is 39.3 Å². The number of H-pyrrole nitrogens is 1. The summed E-state index contributed by atoms with van der Waals surface area (Å²) in [6, 6.07) is 12.5. The molecule has 38 heavy (non-hydrogen) atoms. The smallest absolute Gasteiger partial charge is 0.164 e. The van der Waals surface area contributed by atoms with Crippen LogP contribution in [0.5, 0.6) is 0 Å². The summed E-state index contributed by atoms with van der Waals surface area (Å²) in [7, 11) is -3.03. The van der Waals surface area contributed by atoms with E-state index in [1.807, 2.05) is 28.9 Å². The number of rotatable bonds is 7. The maximum absolute atomic E-state index is 14.1. The van der Waals surface area contributed by atoms with E-state index in [-0.39, 0.29) is 17.6 Å². The minimum absolute atomic E-state index is 0.0293. The Hall–Kier alpha value is -3.90. The molecule has 1 aliphatic rings. The van der Waals surface area contributed by atoms with Crippen LogP contribution in [0.15, 0.2) is 48.8 Å². The first-order chi connectivity index (χ1) is 18.2. The second-order valence-corrected chi connectivity index (χ2v) is 12.1. The number of nitrogens with one attached hydrogen (secondary N) is 1. The van der Waals surface area contributed by atoms with Gasteiger partial charge in [-0.1, -0.05) is 24.3 Å². The van der Waals surface area contributed by atoms with Gasteiger partial charge >= 0.3 is 0 Å². The third-order valence-electron chi connectivity index (χ3n) is 7.01. The number of nitrogen functional groups attached to an aromatic ring is 1. The predicted octanol–water partition coefficient (Wildman–Crippen LogP) is 2.97. The number of likely N-dealkylation sites (tertiary alicyclic amines) is 1. The summed E-state index contributed by atoms with van der Waals surface area (Å²) in [5, 5.41) is 5.61. The van der Waals surface area contributed by atoms with E-state index in [4.69, 9.17) is 15.8 Å². The maximum Gasteiger partial charge on any atom is 0.164 e. The molecule has 1 saturated heterocycles. The van der Waals surface area contributed by atoms with Gasteiger partial charge in [0.15, 0.2) is 5.65 Å². The number of nitrogens with zero attached hydrogens (tertiary/aromatic N) is 6. The molecule has 1 fully saturated rings. The molecular formula is C26H27FN8O2S. The number of imidazole rings is 1. The number of sulfone groups is 1. The summed E-state index contributed by atoms with van der Waals surface area (Å²) in [6.07, 6.45) is 3.86. The number of aromatic nitrogens is 6. The first-order valence-corrected chi connectivity index (χ1v) is 14.4. The van der Waals surface area contributed by atoms with Crippen LogP contribution in [0.3, 0.4) is 0 Å². The molecule has 3 N–H and O–H groups in total. The number of nitrogens with two attached hydrogens (primary N) is 1. The lowest BCUT2D eigenvalue weighted by Gasteiger charge is -2.15. The van der Waals surface area contributed by atoms with Gasteiger partial charge < -0.3 is 15.6 Å². The lowest BCUT2D eigenvalue weighted by molar-refractivity contribution is 0.338. The molecule has 0 aliphatic carbocycles. The summed E-state index contributed by atoms with van der Waals surface area (Å²) >= 11 is 0. The first kappa shape index (κ1) is 24.4. The van der Waals surface area contributed by atoms with Crippen molar-refractivity contribution in [2.45, 2.75) is 18.9 Å². The van der Waals surface area contributed by atoms with E-state index in [0.717, 1.165) is 29.6 Å². The SMILES string of the molecule is CS(=O)(=O)CCN1CCC(n2nc(-c3ccc4[nH]c(Cc5ccccc5F)nc4c3)c3c(N)ncnc32)C1. The zero-order valence-electron chi connectivity index (χ0n) is 20.8. The lowest BCUT2D eigenvalue weighted by Crippen LogP contribution is -2.27. The molecule has 4 heterocycles. The second-order valence-electron chi connectivity index (χ2n) is 9.81. The molecule has 0 saturated carbocycles. The van der Waals surface area contributed by atoms with Crippen LogP contribution < -0.4 is 5.73 Å². The third-order valence-corrected chi connectivity index (χ3v) is 7.94. The fourth-order valence-electron chi connectivity index (χ4n) is 5.07. The van der Waals surface area contributed by atoms with Gasteiger partial charge in [-0.2, -0.15) is 5.10 Å². The predicted molar refractivity (Wildman–Crippen MR) is 144 cm³/mol. The van der Waals surface area contributed by atoms with Crippen LogP contribution in [0.1, 0.15) is 23.9 Å². The molecule has 0 spiro atoms. The zero-order chi connectivity index (χ0) is 26.4. The first-order valence-electron chi connectivity index (χ1n) is 12.4. The van der Waals surface area contributed by atoms with Crippen molar-refractivity contribution in [3.63, 3.8) is 0 Å². The number of benzene rings is 2. The van der Waals surface area contributed by atoms with Gasteiger partial charge in [-0.05, 0) is 30.2 Å². The monoisotopic (exact) mass is 534 g/mol. The highest BCUT2D eigenvalue weighted by atomic mass is 32.2. The Balaban J connectivity index is 1.33. The van der Waals surface area contributed by atoms with E-state index in [0.29, 0.717) is 53.4 Å². The molecular weight excluding hydrogens is 507 g/mol. The van der Waals surface area contributed by atoms with E-state index < -0.39 is 9.84 Å². The normalized spacial score (nSPS) is 16.6. The quantitative estimate of drug-likeness (QED) is 0.325. The van der Waals surface area contributed by atoms with Gasteiger partial charge in [0.25, 0.3) is 0 Å². The van der Waals surface area contributed by atoms with Crippen LogP contribution in [0.2, 0.25) is 0 Å². The highest BCUT2D eigenvalue weighted by Gasteiger charge is 2.29. The Morgan fingerprint density at radius 2 is 2.03 bits per heavy atom. The van der Waals surface area contributed by atoms with Gasteiger partial charge in [-0.3, -0.25) is 0 Å². The summed E-state index contributed by atoms with van der Waals surface area (Å²) < 4.78 is 39.3. The summed E-state index contributed by atoms with van der Waals surface area (Å²) in [5.74, 6) is 0.872. The van der Waals surface area contributed by atoms with Crippen LogP contribution in [-0.4, -0.2) is 74.7 Å². The minimum Gasteiger partial charge on any atom is -0.383 e. The number of hydrogen-bond donors (Lipinski definition) is 2. The molecule has 1 unspecified atom stereocenters. The average Bonchev–Trinajstić information content (AvgIpc) is 3.60. The maximum atomic E-state index is 14.1. The summed E-state index contributed by atoms with van der Waals surface area (Å²) in [6.45, 7) is 1.94. The van der Waals surface area contributed by atoms with Crippen molar-refractivity contribution in [3.05, 3.63) is 66.0 Å². The highest BCUT2D eigenvalue weighted by Crippen LogP contribution is 2.34. The molecule has 0 bridgehead atoms. The van der Waals surface area contributed by atoms with Crippen molar-refractivity contribution >= 4 is 37.7 Å². The van der Waals surface area contributed by atoms with E-state index >= 15 is 0 Å². The Morgan fingerprint density at radius 3 is 2.84 bits per heavy atom. The minimum atomic E-state index is -3.03. The molecule has 2 aromatic carbocycles. The number of hydrogen-bond acceptors (Lipinski definition) is 8. The second kappa shape index (κ2) is 9.44. The Labute approximate surface area is 218 Å². The van der Waals surface area contributed by atoms with Crippen molar-refractivity contribution in [2.24, 2.45) is 0 Å². The molecule has 0 amide bonds.